The Morgan fingerprint density at radius 2 is 1.77 bits per heavy atom. The minimum atomic E-state index is 0.0895. The van der Waals surface area contributed by atoms with Crippen molar-refractivity contribution in [1.29, 1.82) is 0 Å². The normalized spacial score (nSPS) is 23.3. The van der Waals surface area contributed by atoms with Gasteiger partial charge in [0.2, 0.25) is 0 Å². The number of hydrogen-bond acceptors (Lipinski definition) is 2. The highest BCUT2D eigenvalue weighted by atomic mass is 15.3. The predicted octanol–water partition coefficient (Wildman–Crippen LogP) is 4.67. The van der Waals surface area contributed by atoms with E-state index in [4.69, 9.17) is 4.99 Å². The van der Waals surface area contributed by atoms with E-state index in [1.807, 2.05) is 0 Å². The summed E-state index contributed by atoms with van der Waals surface area (Å²) >= 11 is 0. The van der Waals surface area contributed by atoms with Crippen LogP contribution >= 0.6 is 0 Å². The minimum absolute atomic E-state index is 0.0895. The van der Waals surface area contributed by atoms with Crippen molar-refractivity contribution < 1.29 is 0 Å². The second-order valence-corrected chi connectivity index (χ2v) is 6.06. The van der Waals surface area contributed by atoms with Gasteiger partial charge in [0.05, 0.1) is 6.04 Å². The number of aryl methyl sites for hydroxylation is 1. The molecule has 0 spiro atoms. The lowest BCUT2D eigenvalue weighted by atomic mass is 9.99. The largest absolute Gasteiger partial charge is 0.334 e. The standard InChI is InChI=1S/C20H20N2/c1-15-11-13-17(14-12-15)22-19-10-6-5-9-18(19)21-20(22)16-7-3-2-4-8-16/h2-4,6-8,10-14,19-20H,5,9H2,1H3. The van der Waals surface area contributed by atoms with Crippen LogP contribution in [0.25, 0.3) is 0 Å². The zero-order valence-electron chi connectivity index (χ0n) is 12.8. The molecule has 2 heteroatoms. The lowest BCUT2D eigenvalue weighted by molar-refractivity contribution is 0.693. The fourth-order valence-corrected chi connectivity index (χ4v) is 3.36. The quantitative estimate of drug-likeness (QED) is 0.733. The zero-order chi connectivity index (χ0) is 14.9. The molecular formula is C20H20N2. The van der Waals surface area contributed by atoms with E-state index in [-0.39, 0.29) is 6.17 Å². The molecule has 1 aliphatic carbocycles. The molecule has 0 bridgehead atoms. The second-order valence-electron chi connectivity index (χ2n) is 6.06. The molecular weight excluding hydrogens is 268 g/mol. The van der Waals surface area contributed by atoms with E-state index >= 15 is 0 Å². The van der Waals surface area contributed by atoms with Crippen molar-refractivity contribution in [3.8, 4) is 0 Å². The number of rotatable bonds is 2. The van der Waals surface area contributed by atoms with Crippen LogP contribution in [0.15, 0.2) is 71.7 Å². The van der Waals surface area contributed by atoms with Crippen LogP contribution in [0.4, 0.5) is 5.69 Å². The van der Waals surface area contributed by atoms with Crippen LogP contribution in [0, 0.1) is 6.92 Å². The molecule has 4 rings (SSSR count). The van der Waals surface area contributed by atoms with E-state index in [0.29, 0.717) is 6.04 Å². The number of allylic oxidation sites excluding steroid dienone is 1. The number of anilines is 1. The van der Waals surface area contributed by atoms with Gasteiger partial charge in [-0.3, -0.25) is 4.99 Å². The summed E-state index contributed by atoms with van der Waals surface area (Å²) in [6, 6.07) is 19.7. The summed E-state index contributed by atoms with van der Waals surface area (Å²) in [5.74, 6) is 0. The van der Waals surface area contributed by atoms with Gasteiger partial charge in [0, 0.05) is 11.4 Å². The summed E-state index contributed by atoms with van der Waals surface area (Å²) in [6.07, 6.45) is 6.88. The number of hydrogen-bond donors (Lipinski definition) is 0. The van der Waals surface area contributed by atoms with Crippen molar-refractivity contribution in [3.63, 3.8) is 0 Å². The summed E-state index contributed by atoms with van der Waals surface area (Å²) in [5.41, 5.74) is 5.12. The van der Waals surface area contributed by atoms with E-state index in [9.17, 15) is 0 Å². The lowest BCUT2D eigenvalue weighted by Crippen LogP contribution is -2.36. The molecule has 2 aromatic carbocycles. The van der Waals surface area contributed by atoms with Gasteiger partial charge >= 0.3 is 0 Å². The number of aliphatic imine (C=N–C) groups is 1. The molecule has 0 radical (unpaired) electrons. The number of fused-ring (bicyclic) bond motifs is 1. The molecule has 0 fully saturated rings. The Kier molecular flexibility index (Phi) is 3.30. The molecule has 2 aliphatic rings. The third-order valence-corrected chi connectivity index (χ3v) is 4.51. The summed E-state index contributed by atoms with van der Waals surface area (Å²) in [7, 11) is 0. The highest BCUT2D eigenvalue weighted by Crippen LogP contribution is 2.38. The van der Waals surface area contributed by atoms with Crippen molar-refractivity contribution in [2.24, 2.45) is 4.99 Å². The molecule has 2 atom stereocenters. The van der Waals surface area contributed by atoms with Crippen LogP contribution in [0.1, 0.15) is 30.1 Å². The first-order valence-electron chi connectivity index (χ1n) is 7.96. The molecule has 1 aliphatic heterocycles. The van der Waals surface area contributed by atoms with Gasteiger partial charge in [0.25, 0.3) is 0 Å². The van der Waals surface area contributed by atoms with Gasteiger partial charge in [-0.25, -0.2) is 0 Å². The van der Waals surface area contributed by atoms with Crippen molar-refractivity contribution in [3.05, 3.63) is 77.9 Å². The smallest absolute Gasteiger partial charge is 0.147 e. The highest BCUT2D eigenvalue weighted by Gasteiger charge is 2.36. The Hall–Kier alpha value is -2.35. The Balaban J connectivity index is 1.79. The fourth-order valence-electron chi connectivity index (χ4n) is 3.36. The molecule has 0 aromatic heterocycles. The van der Waals surface area contributed by atoms with Crippen LogP contribution < -0.4 is 4.90 Å². The molecule has 22 heavy (non-hydrogen) atoms. The zero-order valence-corrected chi connectivity index (χ0v) is 12.8. The van der Waals surface area contributed by atoms with E-state index in [0.717, 1.165) is 12.8 Å². The highest BCUT2D eigenvalue weighted by molar-refractivity contribution is 5.97. The van der Waals surface area contributed by atoms with E-state index in [2.05, 4.69) is 78.6 Å². The molecule has 2 nitrogen and oxygen atoms in total. The van der Waals surface area contributed by atoms with Crippen molar-refractivity contribution in [2.75, 3.05) is 4.90 Å². The summed E-state index contributed by atoms with van der Waals surface area (Å²) in [4.78, 5) is 7.50. The van der Waals surface area contributed by atoms with Crippen LogP contribution in [0.5, 0.6) is 0 Å². The van der Waals surface area contributed by atoms with Gasteiger partial charge in [-0.2, -0.15) is 0 Å². The predicted molar refractivity (Wildman–Crippen MR) is 92.4 cm³/mol. The van der Waals surface area contributed by atoms with Crippen molar-refractivity contribution in [2.45, 2.75) is 32.0 Å². The molecule has 1 heterocycles. The van der Waals surface area contributed by atoms with Gasteiger partial charge in [-0.15, -0.1) is 0 Å². The fraction of sp³-hybridized carbons (Fsp3) is 0.250. The van der Waals surface area contributed by atoms with Crippen molar-refractivity contribution >= 4 is 11.4 Å². The van der Waals surface area contributed by atoms with E-state index in [1.165, 1.54) is 22.5 Å². The Labute approximate surface area is 131 Å². The minimum Gasteiger partial charge on any atom is -0.334 e. The van der Waals surface area contributed by atoms with Crippen molar-refractivity contribution in [1.82, 2.24) is 0 Å². The van der Waals surface area contributed by atoms with Gasteiger partial charge in [0.15, 0.2) is 0 Å². The summed E-state index contributed by atoms with van der Waals surface area (Å²) < 4.78 is 0. The molecule has 2 aromatic rings. The molecule has 110 valence electrons. The molecule has 0 amide bonds. The van der Waals surface area contributed by atoms with Gasteiger partial charge in [-0.05, 0) is 37.5 Å². The molecule has 0 saturated carbocycles. The topological polar surface area (TPSA) is 15.6 Å². The first-order valence-corrected chi connectivity index (χ1v) is 7.96. The second kappa shape index (κ2) is 5.45. The molecule has 2 unspecified atom stereocenters. The van der Waals surface area contributed by atoms with E-state index in [1.54, 1.807) is 0 Å². The van der Waals surface area contributed by atoms with Gasteiger partial charge in [-0.1, -0.05) is 60.2 Å². The van der Waals surface area contributed by atoms with Crippen LogP contribution in [0.3, 0.4) is 0 Å². The van der Waals surface area contributed by atoms with E-state index < -0.39 is 0 Å². The lowest BCUT2D eigenvalue weighted by Gasteiger charge is -2.32. The third kappa shape index (κ3) is 2.25. The van der Waals surface area contributed by atoms with Crippen LogP contribution in [-0.2, 0) is 0 Å². The average Bonchev–Trinajstić information content (AvgIpc) is 2.96. The summed E-state index contributed by atoms with van der Waals surface area (Å²) in [6.45, 7) is 2.13. The molecule has 0 saturated heterocycles. The monoisotopic (exact) mass is 288 g/mol. The number of nitrogens with zero attached hydrogens (tertiary/aromatic N) is 2. The number of benzene rings is 2. The maximum atomic E-state index is 5.05. The SMILES string of the molecule is Cc1ccc(N2C3C=CCCC3=NC2c2ccccc2)cc1. The maximum Gasteiger partial charge on any atom is 0.147 e. The van der Waals surface area contributed by atoms with Gasteiger partial charge in [0.1, 0.15) is 6.17 Å². The third-order valence-electron chi connectivity index (χ3n) is 4.51. The molecule has 0 N–H and O–H groups in total. The summed E-state index contributed by atoms with van der Waals surface area (Å²) in [5, 5.41) is 0. The Morgan fingerprint density at radius 3 is 2.55 bits per heavy atom. The Bertz CT molecular complexity index is 713. The first-order chi connectivity index (χ1) is 10.8. The van der Waals surface area contributed by atoms with Crippen LogP contribution in [-0.4, -0.2) is 11.8 Å². The van der Waals surface area contributed by atoms with Gasteiger partial charge < -0.3 is 4.90 Å². The average molecular weight is 288 g/mol. The Morgan fingerprint density at radius 1 is 1.00 bits per heavy atom. The maximum absolute atomic E-state index is 5.05. The van der Waals surface area contributed by atoms with Crippen LogP contribution in [0.2, 0.25) is 0 Å². The first kappa shape index (κ1) is 13.3.